The molecule has 2 heteroatoms. The average molecular weight is 418 g/mol. The van der Waals surface area contributed by atoms with E-state index in [1.165, 1.54) is 52.3 Å². The maximum atomic E-state index is 2.79. The third-order valence-corrected chi connectivity index (χ3v) is 7.82. The summed E-state index contributed by atoms with van der Waals surface area (Å²) in [6, 6.07) is 22.9. The standard InChI is InChI=1S/C28H36NP/c1-27(2)17-22(18-28(3,4)29(27)5)14-21-8-11-26-16-25(13-12-24(26)15-21)23-9-6-20(19-30)7-10-23/h6-13,15-16,22H,14,17-19,30H2,1-5H3. The van der Waals surface area contributed by atoms with Gasteiger partial charge in [0.15, 0.2) is 0 Å². The van der Waals surface area contributed by atoms with Crippen LogP contribution in [0.15, 0.2) is 60.7 Å². The minimum atomic E-state index is 0.254. The average Bonchev–Trinajstić information content (AvgIpc) is 2.71. The lowest BCUT2D eigenvalue weighted by atomic mass is 9.72. The number of rotatable bonds is 4. The van der Waals surface area contributed by atoms with Gasteiger partial charge in [0.05, 0.1) is 0 Å². The van der Waals surface area contributed by atoms with E-state index in [1.807, 2.05) is 0 Å². The number of nitrogens with zero attached hydrogens (tertiary/aromatic N) is 1. The molecule has 0 spiro atoms. The first-order valence-electron chi connectivity index (χ1n) is 11.2. The first-order chi connectivity index (χ1) is 14.2. The van der Waals surface area contributed by atoms with Crippen molar-refractivity contribution in [1.82, 2.24) is 4.90 Å². The van der Waals surface area contributed by atoms with Gasteiger partial charge in [-0.15, -0.1) is 9.24 Å². The normalized spacial score (nSPS) is 19.3. The van der Waals surface area contributed by atoms with Crippen molar-refractivity contribution in [2.75, 3.05) is 7.05 Å². The van der Waals surface area contributed by atoms with Crippen LogP contribution in [0.4, 0.5) is 0 Å². The van der Waals surface area contributed by atoms with Gasteiger partial charge in [-0.25, -0.2) is 0 Å². The summed E-state index contributed by atoms with van der Waals surface area (Å²) in [6.45, 7) is 9.59. The van der Waals surface area contributed by atoms with Crippen LogP contribution in [0.3, 0.4) is 0 Å². The van der Waals surface area contributed by atoms with Crippen LogP contribution in [0.5, 0.6) is 0 Å². The highest BCUT2D eigenvalue weighted by molar-refractivity contribution is 7.15. The zero-order valence-corrected chi connectivity index (χ0v) is 20.4. The first kappa shape index (κ1) is 21.5. The quantitative estimate of drug-likeness (QED) is 0.402. The van der Waals surface area contributed by atoms with Crippen molar-refractivity contribution >= 4 is 20.0 Å². The van der Waals surface area contributed by atoms with E-state index in [0.29, 0.717) is 0 Å². The van der Waals surface area contributed by atoms with Crippen molar-refractivity contribution in [3.05, 3.63) is 71.8 Å². The van der Waals surface area contributed by atoms with E-state index in [9.17, 15) is 0 Å². The Morgan fingerprint density at radius 2 is 1.30 bits per heavy atom. The molecule has 1 aliphatic heterocycles. The topological polar surface area (TPSA) is 3.24 Å². The minimum Gasteiger partial charge on any atom is -0.296 e. The largest absolute Gasteiger partial charge is 0.296 e. The van der Waals surface area contributed by atoms with E-state index in [1.54, 1.807) is 0 Å². The van der Waals surface area contributed by atoms with Gasteiger partial charge in [0, 0.05) is 11.1 Å². The minimum absolute atomic E-state index is 0.254. The number of piperidine rings is 1. The number of hydrogen-bond acceptors (Lipinski definition) is 1. The van der Waals surface area contributed by atoms with Crippen LogP contribution in [-0.4, -0.2) is 23.0 Å². The second kappa shape index (κ2) is 8.10. The molecule has 1 fully saturated rings. The lowest BCUT2D eigenvalue weighted by Gasteiger charge is -2.54. The highest BCUT2D eigenvalue weighted by atomic mass is 31.0. The molecular weight excluding hydrogens is 381 g/mol. The molecule has 0 amide bonds. The van der Waals surface area contributed by atoms with Gasteiger partial charge in [-0.3, -0.25) is 4.90 Å². The fourth-order valence-electron chi connectivity index (χ4n) is 5.49. The summed E-state index contributed by atoms with van der Waals surface area (Å²) in [5.41, 5.74) is 5.92. The Bertz CT molecular complexity index is 1010. The van der Waals surface area contributed by atoms with E-state index in [2.05, 4.69) is 110 Å². The fourth-order valence-corrected chi connectivity index (χ4v) is 5.76. The molecule has 3 aromatic carbocycles. The SMILES string of the molecule is CN1C(C)(C)CC(Cc2ccc3cc(-c4ccc(CP)cc4)ccc3c2)CC1(C)C. The molecule has 0 aromatic heterocycles. The van der Waals surface area contributed by atoms with Crippen molar-refractivity contribution in [2.45, 2.75) is 64.2 Å². The predicted molar refractivity (Wildman–Crippen MR) is 135 cm³/mol. The summed E-state index contributed by atoms with van der Waals surface area (Å²) in [6.07, 6.45) is 4.70. The smallest absolute Gasteiger partial charge is 0.0158 e. The lowest BCUT2D eigenvalue weighted by molar-refractivity contribution is -0.0296. The fraction of sp³-hybridized carbons (Fsp3) is 0.429. The Morgan fingerprint density at radius 3 is 1.93 bits per heavy atom. The molecule has 1 saturated heterocycles. The van der Waals surface area contributed by atoms with Crippen LogP contribution in [-0.2, 0) is 12.6 Å². The second-order valence-corrected chi connectivity index (χ2v) is 10.9. The van der Waals surface area contributed by atoms with Crippen molar-refractivity contribution in [3.8, 4) is 11.1 Å². The van der Waals surface area contributed by atoms with E-state index >= 15 is 0 Å². The maximum Gasteiger partial charge on any atom is 0.0158 e. The molecule has 0 N–H and O–H groups in total. The monoisotopic (exact) mass is 417 g/mol. The molecule has 1 atom stereocenters. The van der Waals surface area contributed by atoms with E-state index in [0.717, 1.165) is 12.1 Å². The zero-order valence-electron chi connectivity index (χ0n) is 19.2. The summed E-state index contributed by atoms with van der Waals surface area (Å²) in [4.78, 5) is 2.57. The lowest BCUT2D eigenvalue weighted by Crippen LogP contribution is -2.58. The van der Waals surface area contributed by atoms with Crippen LogP contribution >= 0.6 is 9.24 Å². The summed E-state index contributed by atoms with van der Waals surface area (Å²) in [5, 5.41) is 2.68. The molecule has 158 valence electrons. The van der Waals surface area contributed by atoms with Gasteiger partial charge in [-0.2, -0.15) is 0 Å². The Kier molecular flexibility index (Phi) is 5.82. The zero-order chi connectivity index (χ0) is 21.5. The maximum absolute atomic E-state index is 2.79. The van der Waals surface area contributed by atoms with Crippen molar-refractivity contribution < 1.29 is 0 Å². The molecule has 0 aliphatic carbocycles. The van der Waals surface area contributed by atoms with Crippen LogP contribution in [0, 0.1) is 5.92 Å². The van der Waals surface area contributed by atoms with E-state index in [-0.39, 0.29) is 11.1 Å². The summed E-state index contributed by atoms with van der Waals surface area (Å²) in [7, 11) is 5.08. The van der Waals surface area contributed by atoms with Crippen molar-refractivity contribution in [3.63, 3.8) is 0 Å². The van der Waals surface area contributed by atoms with Crippen molar-refractivity contribution in [2.24, 2.45) is 5.92 Å². The van der Waals surface area contributed by atoms with Gasteiger partial charge in [-0.05, 0) is 105 Å². The van der Waals surface area contributed by atoms with Gasteiger partial charge in [0.1, 0.15) is 0 Å². The van der Waals surface area contributed by atoms with Gasteiger partial charge in [-0.1, -0.05) is 54.6 Å². The van der Waals surface area contributed by atoms with Gasteiger partial charge in [0.2, 0.25) is 0 Å². The third-order valence-electron chi connectivity index (χ3n) is 7.34. The molecular formula is C28H36NP. The molecule has 0 radical (unpaired) electrons. The summed E-state index contributed by atoms with van der Waals surface area (Å²) < 4.78 is 0. The predicted octanol–water partition coefficient (Wildman–Crippen LogP) is 7.32. The molecule has 4 rings (SSSR count). The molecule has 0 saturated carbocycles. The van der Waals surface area contributed by atoms with Crippen LogP contribution in [0.1, 0.15) is 51.7 Å². The Balaban J connectivity index is 1.55. The van der Waals surface area contributed by atoms with Crippen molar-refractivity contribution in [1.29, 1.82) is 0 Å². The third kappa shape index (κ3) is 4.34. The summed E-state index contributed by atoms with van der Waals surface area (Å²) in [5.74, 6) is 0.734. The second-order valence-electron chi connectivity index (χ2n) is 10.5. The number of likely N-dealkylation sites (tertiary alicyclic amines) is 1. The first-order valence-corrected chi connectivity index (χ1v) is 12.1. The highest BCUT2D eigenvalue weighted by Gasteiger charge is 2.42. The van der Waals surface area contributed by atoms with Crippen LogP contribution in [0.2, 0.25) is 0 Å². The van der Waals surface area contributed by atoms with Gasteiger partial charge >= 0.3 is 0 Å². The molecule has 0 bridgehead atoms. The number of benzene rings is 3. The Labute approximate surface area is 185 Å². The van der Waals surface area contributed by atoms with Crippen LogP contribution < -0.4 is 0 Å². The number of fused-ring (bicyclic) bond motifs is 1. The highest BCUT2D eigenvalue weighted by Crippen LogP contribution is 2.41. The van der Waals surface area contributed by atoms with E-state index < -0.39 is 0 Å². The number of hydrogen-bond donors (Lipinski definition) is 0. The van der Waals surface area contributed by atoms with Gasteiger partial charge in [0.25, 0.3) is 0 Å². The van der Waals surface area contributed by atoms with E-state index in [4.69, 9.17) is 0 Å². The Hall–Kier alpha value is -1.69. The molecule has 30 heavy (non-hydrogen) atoms. The summed E-state index contributed by atoms with van der Waals surface area (Å²) >= 11 is 0. The molecule has 1 heterocycles. The molecule has 1 nitrogen and oxygen atoms in total. The molecule has 1 aliphatic rings. The Morgan fingerprint density at radius 1 is 0.767 bits per heavy atom. The van der Waals surface area contributed by atoms with Crippen LogP contribution in [0.25, 0.3) is 21.9 Å². The van der Waals surface area contributed by atoms with Gasteiger partial charge < -0.3 is 0 Å². The molecule has 1 unspecified atom stereocenters. The molecule has 3 aromatic rings.